The van der Waals surface area contributed by atoms with E-state index in [0.29, 0.717) is 19.6 Å². The molecule has 6 heteroatoms. The highest BCUT2D eigenvalue weighted by molar-refractivity contribution is 6.30. The van der Waals surface area contributed by atoms with Crippen molar-refractivity contribution in [3.05, 3.63) is 34.9 Å². The predicted molar refractivity (Wildman–Crippen MR) is 82.6 cm³/mol. The second kappa shape index (κ2) is 9.19. The van der Waals surface area contributed by atoms with Crippen LogP contribution in [0.3, 0.4) is 0 Å². The molecule has 1 aromatic rings. The van der Waals surface area contributed by atoms with Crippen LogP contribution in [0.25, 0.3) is 0 Å². The largest absolute Gasteiger partial charge is 0.375 e. The smallest absolute Gasteiger partial charge is 0.222 e. The summed E-state index contributed by atoms with van der Waals surface area (Å²) in [5.41, 5.74) is 1.17. The molecule has 1 amide bonds. The maximum Gasteiger partial charge on any atom is 0.222 e. The van der Waals surface area contributed by atoms with Gasteiger partial charge in [0.05, 0.1) is 19.1 Å². The van der Waals surface area contributed by atoms with E-state index in [0.717, 1.165) is 24.5 Å². The zero-order valence-corrected chi connectivity index (χ0v) is 12.8. The molecule has 0 bridgehead atoms. The van der Waals surface area contributed by atoms with Crippen molar-refractivity contribution in [2.75, 3.05) is 26.2 Å². The molecule has 0 aromatic heterocycles. The van der Waals surface area contributed by atoms with Crippen molar-refractivity contribution < 1.29 is 9.53 Å². The fraction of sp³-hybridized carbons (Fsp3) is 0.500. The number of hydrogen-bond acceptors (Lipinski definition) is 3. The number of amides is 1. The number of rotatable bonds is 5. The summed E-state index contributed by atoms with van der Waals surface area (Å²) in [6.45, 7) is 2.95. The van der Waals surface area contributed by atoms with E-state index in [2.05, 4.69) is 10.6 Å². The van der Waals surface area contributed by atoms with Gasteiger partial charge in [-0.15, -0.1) is 12.4 Å². The van der Waals surface area contributed by atoms with Crippen LogP contribution in [0.1, 0.15) is 12.0 Å². The standard InChI is InChI=1S/C14H19ClN2O2.ClH/c15-12-3-1-11(2-4-12)5-6-17-14(18)9-13-10-16-7-8-19-13;/h1-4,13,16H,5-10H2,(H,17,18);1H. The van der Waals surface area contributed by atoms with Crippen molar-refractivity contribution in [1.29, 1.82) is 0 Å². The Labute approximate surface area is 130 Å². The van der Waals surface area contributed by atoms with Gasteiger partial charge in [0.1, 0.15) is 0 Å². The SMILES string of the molecule is Cl.O=C(CC1CNCCO1)NCCc1ccc(Cl)cc1. The van der Waals surface area contributed by atoms with Crippen LogP contribution in [0.5, 0.6) is 0 Å². The number of ether oxygens (including phenoxy) is 1. The Morgan fingerprint density at radius 1 is 1.40 bits per heavy atom. The third kappa shape index (κ3) is 6.09. The molecule has 0 saturated carbocycles. The Morgan fingerprint density at radius 2 is 2.15 bits per heavy atom. The monoisotopic (exact) mass is 318 g/mol. The van der Waals surface area contributed by atoms with Crippen LogP contribution < -0.4 is 10.6 Å². The van der Waals surface area contributed by atoms with Crippen molar-refractivity contribution in [3.8, 4) is 0 Å². The Morgan fingerprint density at radius 3 is 2.80 bits per heavy atom. The molecule has 1 saturated heterocycles. The van der Waals surface area contributed by atoms with Crippen LogP contribution in [-0.2, 0) is 16.0 Å². The lowest BCUT2D eigenvalue weighted by molar-refractivity contribution is -0.124. The molecule has 0 radical (unpaired) electrons. The van der Waals surface area contributed by atoms with Gasteiger partial charge >= 0.3 is 0 Å². The Balaban J connectivity index is 0.00000200. The topological polar surface area (TPSA) is 50.4 Å². The first-order chi connectivity index (χ1) is 9.24. The highest BCUT2D eigenvalue weighted by Crippen LogP contribution is 2.09. The summed E-state index contributed by atoms with van der Waals surface area (Å²) in [7, 11) is 0. The summed E-state index contributed by atoms with van der Waals surface area (Å²) >= 11 is 5.82. The number of hydrogen-bond donors (Lipinski definition) is 2. The second-order valence-electron chi connectivity index (χ2n) is 4.63. The van der Waals surface area contributed by atoms with Gasteiger partial charge in [-0.1, -0.05) is 23.7 Å². The van der Waals surface area contributed by atoms with E-state index in [-0.39, 0.29) is 24.4 Å². The minimum absolute atomic E-state index is 0. The van der Waals surface area contributed by atoms with E-state index in [1.807, 2.05) is 24.3 Å². The van der Waals surface area contributed by atoms with Crippen molar-refractivity contribution >= 4 is 29.9 Å². The summed E-state index contributed by atoms with van der Waals surface area (Å²) in [6, 6.07) is 7.67. The molecule has 1 aliphatic heterocycles. The van der Waals surface area contributed by atoms with Crippen molar-refractivity contribution in [2.45, 2.75) is 18.9 Å². The minimum atomic E-state index is 0. The molecular formula is C14H20Cl2N2O2. The predicted octanol–water partition coefficient (Wildman–Crippen LogP) is 1.80. The number of nitrogens with one attached hydrogen (secondary N) is 2. The maximum atomic E-state index is 11.7. The van der Waals surface area contributed by atoms with Crippen LogP contribution >= 0.6 is 24.0 Å². The molecule has 1 atom stereocenters. The average Bonchev–Trinajstić information content (AvgIpc) is 2.42. The Hall–Kier alpha value is -0.810. The highest BCUT2D eigenvalue weighted by atomic mass is 35.5. The molecule has 1 heterocycles. The van der Waals surface area contributed by atoms with Crippen LogP contribution in [0.2, 0.25) is 5.02 Å². The van der Waals surface area contributed by atoms with Gasteiger partial charge in [-0.25, -0.2) is 0 Å². The summed E-state index contributed by atoms with van der Waals surface area (Å²) in [4.78, 5) is 11.7. The van der Waals surface area contributed by atoms with Gasteiger partial charge in [-0.2, -0.15) is 0 Å². The molecule has 112 valence electrons. The zero-order chi connectivity index (χ0) is 13.5. The Kier molecular flexibility index (Phi) is 7.92. The normalized spacial score (nSPS) is 18.1. The molecule has 2 N–H and O–H groups in total. The van der Waals surface area contributed by atoms with Gasteiger partial charge in [0.2, 0.25) is 5.91 Å². The summed E-state index contributed by atoms with van der Waals surface area (Å²) in [5.74, 6) is 0.0441. The van der Waals surface area contributed by atoms with Crippen molar-refractivity contribution in [2.24, 2.45) is 0 Å². The van der Waals surface area contributed by atoms with Crippen LogP contribution in [0.4, 0.5) is 0 Å². The molecule has 2 rings (SSSR count). The van der Waals surface area contributed by atoms with Crippen LogP contribution in [0.15, 0.2) is 24.3 Å². The van der Waals surface area contributed by atoms with E-state index in [1.165, 1.54) is 5.56 Å². The number of carbonyl (C=O) groups excluding carboxylic acids is 1. The molecular weight excluding hydrogens is 299 g/mol. The van der Waals surface area contributed by atoms with E-state index < -0.39 is 0 Å². The molecule has 0 aliphatic carbocycles. The fourth-order valence-electron chi connectivity index (χ4n) is 2.03. The number of benzene rings is 1. The Bertz CT molecular complexity index is 406. The van der Waals surface area contributed by atoms with Crippen molar-refractivity contribution in [1.82, 2.24) is 10.6 Å². The molecule has 1 fully saturated rings. The average molecular weight is 319 g/mol. The van der Waals surface area contributed by atoms with Gasteiger partial charge in [-0.3, -0.25) is 4.79 Å². The molecule has 20 heavy (non-hydrogen) atoms. The van der Waals surface area contributed by atoms with Crippen molar-refractivity contribution in [3.63, 3.8) is 0 Å². The van der Waals surface area contributed by atoms with Gasteiger partial charge in [0.15, 0.2) is 0 Å². The van der Waals surface area contributed by atoms with E-state index >= 15 is 0 Å². The van der Waals surface area contributed by atoms with E-state index in [4.69, 9.17) is 16.3 Å². The lowest BCUT2D eigenvalue weighted by Crippen LogP contribution is -2.41. The van der Waals surface area contributed by atoms with Gasteiger partial charge < -0.3 is 15.4 Å². The fourth-order valence-corrected chi connectivity index (χ4v) is 2.15. The van der Waals surface area contributed by atoms with Gasteiger partial charge in [-0.05, 0) is 24.1 Å². The number of morpholine rings is 1. The van der Waals surface area contributed by atoms with Crippen LogP contribution in [-0.4, -0.2) is 38.3 Å². The minimum Gasteiger partial charge on any atom is -0.375 e. The molecule has 1 aliphatic rings. The summed E-state index contributed by atoms with van der Waals surface area (Å²) in [6.07, 6.45) is 1.24. The third-order valence-corrected chi connectivity index (χ3v) is 3.32. The quantitative estimate of drug-likeness (QED) is 0.870. The zero-order valence-electron chi connectivity index (χ0n) is 11.2. The van der Waals surface area contributed by atoms with Gasteiger partial charge in [0, 0.05) is 24.7 Å². The van der Waals surface area contributed by atoms with Gasteiger partial charge in [0.25, 0.3) is 0 Å². The number of carbonyl (C=O) groups is 1. The maximum absolute atomic E-state index is 11.7. The van der Waals surface area contributed by atoms with Crippen LogP contribution in [0, 0.1) is 0 Å². The molecule has 1 aromatic carbocycles. The summed E-state index contributed by atoms with van der Waals surface area (Å²) in [5, 5.41) is 6.85. The highest BCUT2D eigenvalue weighted by Gasteiger charge is 2.16. The first-order valence-corrected chi connectivity index (χ1v) is 6.95. The third-order valence-electron chi connectivity index (χ3n) is 3.07. The molecule has 0 spiro atoms. The second-order valence-corrected chi connectivity index (χ2v) is 5.06. The summed E-state index contributed by atoms with van der Waals surface area (Å²) < 4.78 is 5.49. The lowest BCUT2D eigenvalue weighted by atomic mass is 10.1. The first kappa shape index (κ1) is 17.2. The molecule has 1 unspecified atom stereocenters. The molecule has 4 nitrogen and oxygen atoms in total. The van der Waals surface area contributed by atoms with E-state index in [1.54, 1.807) is 0 Å². The first-order valence-electron chi connectivity index (χ1n) is 6.57. The lowest BCUT2D eigenvalue weighted by Gasteiger charge is -2.23. The van der Waals surface area contributed by atoms with E-state index in [9.17, 15) is 4.79 Å². The number of halogens is 2.